The third kappa shape index (κ3) is 3.28. The van der Waals surface area contributed by atoms with E-state index >= 15 is 0 Å². The molecule has 2 N–H and O–H groups in total. The number of benzene rings is 1. The number of fused-ring (bicyclic) bond motifs is 1. The maximum Gasteiger partial charge on any atom is 0.303 e. The summed E-state index contributed by atoms with van der Waals surface area (Å²) in [7, 11) is 0. The Labute approximate surface area is 114 Å². The number of para-hydroxylation sites is 1. The number of hydrogen-bond acceptors (Lipinski definition) is 3. The molecule has 0 saturated heterocycles. The normalized spacial score (nSPS) is 10.4. The van der Waals surface area contributed by atoms with Gasteiger partial charge in [-0.2, -0.15) is 0 Å². The summed E-state index contributed by atoms with van der Waals surface area (Å²) in [6.07, 6.45) is 1.66. The summed E-state index contributed by atoms with van der Waals surface area (Å²) in [5, 5.41) is 11.6. The van der Waals surface area contributed by atoms with Crippen molar-refractivity contribution in [1.82, 2.24) is 10.3 Å². The van der Waals surface area contributed by atoms with Gasteiger partial charge in [0.15, 0.2) is 0 Å². The number of rotatable bonds is 5. The molecule has 0 aliphatic rings. The van der Waals surface area contributed by atoms with Crippen molar-refractivity contribution in [3.05, 3.63) is 41.8 Å². The van der Waals surface area contributed by atoms with Gasteiger partial charge in [-0.1, -0.05) is 12.1 Å². The summed E-state index contributed by atoms with van der Waals surface area (Å²) < 4.78 is 13.4. The summed E-state index contributed by atoms with van der Waals surface area (Å²) in [5.41, 5.74) is 0.536. The minimum absolute atomic E-state index is 0.00145. The molecule has 0 bridgehead atoms. The van der Waals surface area contributed by atoms with Crippen LogP contribution < -0.4 is 5.32 Å². The fourth-order valence-electron chi connectivity index (χ4n) is 1.79. The number of carboxylic acids is 1. The second-order valence-corrected chi connectivity index (χ2v) is 4.29. The number of pyridine rings is 1. The Bertz CT molecular complexity index is 658. The zero-order valence-electron chi connectivity index (χ0n) is 10.6. The molecule has 20 heavy (non-hydrogen) atoms. The zero-order valence-corrected chi connectivity index (χ0v) is 10.6. The van der Waals surface area contributed by atoms with Crippen LogP contribution in [0, 0.1) is 5.82 Å². The molecular formula is C14H13FN2O3. The Hall–Kier alpha value is -2.50. The molecule has 2 rings (SSSR count). The molecule has 0 aliphatic carbocycles. The maximum atomic E-state index is 13.4. The zero-order chi connectivity index (χ0) is 14.5. The van der Waals surface area contributed by atoms with Gasteiger partial charge in [-0.3, -0.25) is 14.6 Å². The van der Waals surface area contributed by atoms with Gasteiger partial charge >= 0.3 is 5.97 Å². The Balaban J connectivity index is 2.05. The molecule has 2 aromatic rings. The van der Waals surface area contributed by atoms with E-state index in [0.717, 1.165) is 0 Å². The molecular weight excluding hydrogens is 263 g/mol. The van der Waals surface area contributed by atoms with E-state index in [1.165, 1.54) is 12.3 Å². The Kier molecular flexibility index (Phi) is 4.24. The number of nitrogens with zero attached hydrogens (tertiary/aromatic N) is 1. The largest absolute Gasteiger partial charge is 0.481 e. The molecule has 1 aromatic heterocycles. The van der Waals surface area contributed by atoms with Crippen molar-refractivity contribution in [1.29, 1.82) is 0 Å². The first kappa shape index (κ1) is 13.9. The van der Waals surface area contributed by atoms with Crippen molar-refractivity contribution in [2.24, 2.45) is 0 Å². The number of aliphatic carboxylic acids is 1. The summed E-state index contributed by atoms with van der Waals surface area (Å²) >= 11 is 0. The number of carbonyl (C=O) groups excluding carboxylic acids is 1. The summed E-state index contributed by atoms with van der Waals surface area (Å²) in [6.45, 7) is 0.270. The maximum absolute atomic E-state index is 13.4. The monoisotopic (exact) mass is 276 g/mol. The van der Waals surface area contributed by atoms with E-state index in [9.17, 15) is 14.0 Å². The van der Waals surface area contributed by atoms with Gasteiger partial charge in [-0.25, -0.2) is 4.39 Å². The molecule has 1 heterocycles. The van der Waals surface area contributed by atoms with Crippen LogP contribution in [-0.2, 0) is 4.79 Å². The first-order chi connectivity index (χ1) is 9.58. The minimum atomic E-state index is -0.901. The average Bonchev–Trinajstić information content (AvgIpc) is 2.43. The minimum Gasteiger partial charge on any atom is -0.481 e. The molecule has 0 fully saturated rings. The summed E-state index contributed by atoms with van der Waals surface area (Å²) in [4.78, 5) is 26.1. The van der Waals surface area contributed by atoms with Gasteiger partial charge in [0.2, 0.25) is 0 Å². The molecule has 5 nitrogen and oxygen atoms in total. The highest BCUT2D eigenvalue weighted by atomic mass is 19.1. The highest BCUT2D eigenvalue weighted by molar-refractivity contribution is 5.97. The topological polar surface area (TPSA) is 79.3 Å². The van der Waals surface area contributed by atoms with Gasteiger partial charge in [-0.15, -0.1) is 0 Å². The number of halogens is 1. The first-order valence-corrected chi connectivity index (χ1v) is 6.12. The van der Waals surface area contributed by atoms with Crippen LogP contribution in [0.1, 0.15) is 23.2 Å². The van der Waals surface area contributed by atoms with Crippen molar-refractivity contribution in [2.45, 2.75) is 12.8 Å². The fraction of sp³-hybridized carbons (Fsp3) is 0.214. The van der Waals surface area contributed by atoms with Gasteiger partial charge in [0, 0.05) is 24.5 Å². The molecule has 104 valence electrons. The SMILES string of the molecule is O=C(O)CCCNC(=O)c1cnc2c(F)cccc2c1. The number of carboxylic acid groups (broad SMARTS) is 1. The van der Waals surface area contributed by atoms with Crippen LogP contribution in [-0.4, -0.2) is 28.5 Å². The van der Waals surface area contributed by atoms with E-state index in [2.05, 4.69) is 10.3 Å². The van der Waals surface area contributed by atoms with Crippen molar-refractivity contribution >= 4 is 22.8 Å². The Morgan fingerprint density at radius 3 is 2.90 bits per heavy atom. The van der Waals surface area contributed by atoms with E-state index < -0.39 is 11.8 Å². The predicted molar refractivity (Wildman–Crippen MR) is 70.9 cm³/mol. The molecule has 0 radical (unpaired) electrons. The molecule has 1 aromatic carbocycles. The lowest BCUT2D eigenvalue weighted by Gasteiger charge is -2.05. The third-order valence-corrected chi connectivity index (χ3v) is 2.78. The third-order valence-electron chi connectivity index (χ3n) is 2.78. The summed E-state index contributed by atoms with van der Waals surface area (Å²) in [6, 6.07) is 6.08. The molecule has 0 unspecified atom stereocenters. The van der Waals surface area contributed by atoms with Crippen LogP contribution in [0.3, 0.4) is 0 Å². The summed E-state index contributed by atoms with van der Waals surface area (Å²) in [5.74, 6) is -1.69. The van der Waals surface area contributed by atoms with Gasteiger partial charge in [0.25, 0.3) is 5.91 Å². The van der Waals surface area contributed by atoms with Crippen LogP contribution in [0.25, 0.3) is 10.9 Å². The van der Waals surface area contributed by atoms with Gasteiger partial charge in [0.1, 0.15) is 11.3 Å². The number of amides is 1. The Morgan fingerprint density at radius 1 is 1.35 bits per heavy atom. The quantitative estimate of drug-likeness (QED) is 0.818. The standard InChI is InChI=1S/C14H13FN2O3/c15-11-4-1-3-9-7-10(8-17-13(9)11)14(20)16-6-2-5-12(18)19/h1,3-4,7-8H,2,5-6H2,(H,16,20)(H,18,19). The lowest BCUT2D eigenvalue weighted by molar-refractivity contribution is -0.137. The van der Waals surface area contributed by atoms with Crippen LogP contribution in [0.5, 0.6) is 0 Å². The van der Waals surface area contributed by atoms with Crippen LogP contribution in [0.4, 0.5) is 4.39 Å². The average molecular weight is 276 g/mol. The second-order valence-electron chi connectivity index (χ2n) is 4.29. The molecule has 0 saturated carbocycles. The molecule has 0 aliphatic heterocycles. The first-order valence-electron chi connectivity index (χ1n) is 6.12. The van der Waals surface area contributed by atoms with Crippen molar-refractivity contribution in [3.63, 3.8) is 0 Å². The molecule has 1 amide bonds. The number of carbonyl (C=O) groups is 2. The number of hydrogen-bond donors (Lipinski definition) is 2. The van der Waals surface area contributed by atoms with Crippen LogP contribution in [0.2, 0.25) is 0 Å². The number of nitrogens with one attached hydrogen (secondary N) is 1. The van der Waals surface area contributed by atoms with Crippen LogP contribution in [0.15, 0.2) is 30.5 Å². The van der Waals surface area contributed by atoms with Gasteiger partial charge in [0.05, 0.1) is 5.56 Å². The molecule has 0 atom stereocenters. The lowest BCUT2D eigenvalue weighted by Crippen LogP contribution is -2.25. The van der Waals surface area contributed by atoms with Crippen molar-refractivity contribution in [2.75, 3.05) is 6.54 Å². The van der Waals surface area contributed by atoms with E-state index in [0.29, 0.717) is 17.4 Å². The highest BCUT2D eigenvalue weighted by Crippen LogP contribution is 2.16. The van der Waals surface area contributed by atoms with Crippen molar-refractivity contribution < 1.29 is 19.1 Å². The van der Waals surface area contributed by atoms with Crippen molar-refractivity contribution in [3.8, 4) is 0 Å². The van der Waals surface area contributed by atoms with Gasteiger partial charge < -0.3 is 10.4 Å². The van der Waals surface area contributed by atoms with Gasteiger partial charge in [-0.05, 0) is 18.6 Å². The predicted octanol–water partition coefficient (Wildman–Crippen LogP) is 1.97. The molecule has 6 heteroatoms. The van der Waals surface area contributed by atoms with Crippen LogP contribution >= 0.6 is 0 Å². The smallest absolute Gasteiger partial charge is 0.303 e. The molecule has 0 spiro atoms. The lowest BCUT2D eigenvalue weighted by atomic mass is 10.1. The van der Waals surface area contributed by atoms with E-state index in [-0.39, 0.29) is 24.4 Å². The fourth-order valence-corrected chi connectivity index (χ4v) is 1.79. The Morgan fingerprint density at radius 2 is 2.15 bits per heavy atom. The van der Waals surface area contributed by atoms with E-state index in [1.54, 1.807) is 18.2 Å². The second kappa shape index (κ2) is 6.10. The van der Waals surface area contributed by atoms with E-state index in [4.69, 9.17) is 5.11 Å². The number of aromatic nitrogens is 1. The highest BCUT2D eigenvalue weighted by Gasteiger charge is 2.08. The van der Waals surface area contributed by atoms with E-state index in [1.807, 2.05) is 0 Å².